The molecule has 0 saturated heterocycles. The third-order valence-electron chi connectivity index (χ3n) is 7.14. The van der Waals surface area contributed by atoms with Crippen LogP contribution in [-0.2, 0) is 44.8 Å². The van der Waals surface area contributed by atoms with Crippen molar-refractivity contribution in [3.63, 3.8) is 0 Å². The first-order chi connectivity index (χ1) is 22.1. The molecule has 0 aliphatic carbocycles. The Balaban J connectivity index is 1.65. The van der Waals surface area contributed by atoms with E-state index in [1.807, 2.05) is 19.1 Å². The van der Waals surface area contributed by atoms with Crippen molar-refractivity contribution in [1.82, 2.24) is 4.90 Å². The lowest BCUT2D eigenvalue weighted by molar-refractivity contribution is -0.138. The highest BCUT2D eigenvalue weighted by molar-refractivity contribution is 7.79. The minimum absolute atomic E-state index is 0.00784. The molecule has 0 fully saturated rings. The van der Waals surface area contributed by atoms with Gasteiger partial charge in [-0.1, -0.05) is 31.2 Å². The Hall–Kier alpha value is -4.75. The van der Waals surface area contributed by atoms with E-state index in [4.69, 9.17) is 10.5 Å². The van der Waals surface area contributed by atoms with Gasteiger partial charge >= 0.3 is 12.1 Å². The summed E-state index contributed by atoms with van der Waals surface area (Å²) in [5, 5.41) is 15.7. The quantitative estimate of drug-likeness (QED) is 0.169. The van der Waals surface area contributed by atoms with Gasteiger partial charge < -0.3 is 35.7 Å². The van der Waals surface area contributed by atoms with Crippen LogP contribution in [0.5, 0.6) is 0 Å². The summed E-state index contributed by atoms with van der Waals surface area (Å²) in [6.45, 7) is 7.11. The van der Waals surface area contributed by atoms with Crippen LogP contribution in [0.1, 0.15) is 79.2 Å². The number of primary amides is 1. The van der Waals surface area contributed by atoms with Crippen LogP contribution in [0.25, 0.3) is 0 Å². The van der Waals surface area contributed by atoms with Gasteiger partial charge in [-0.05, 0) is 110 Å². The van der Waals surface area contributed by atoms with Gasteiger partial charge in [0.15, 0.2) is 6.04 Å². The molecule has 3 rings (SSSR count). The SMILES string of the molecule is CCc1cc(C(Nc2cccc(C(N)=O)c2)C(=O)O)ccc1CCCC(=O)Nc1ccc(S(=O)[O-])c(CN(C)C(=O)OC(C)(C)C)c1. The summed E-state index contributed by atoms with van der Waals surface area (Å²) in [4.78, 5) is 50.2. The number of ether oxygens (including phenoxy) is 1. The third-order valence-corrected chi connectivity index (χ3v) is 7.89. The first kappa shape index (κ1) is 36.7. The number of carboxylic acids is 1. The Morgan fingerprint density at radius 3 is 2.34 bits per heavy atom. The van der Waals surface area contributed by atoms with Crippen LogP contribution in [0.4, 0.5) is 16.2 Å². The zero-order valence-corrected chi connectivity index (χ0v) is 27.9. The molecule has 0 saturated carbocycles. The van der Waals surface area contributed by atoms with Gasteiger partial charge in [0.1, 0.15) is 5.60 Å². The zero-order chi connectivity index (χ0) is 34.9. The van der Waals surface area contributed by atoms with Crippen LogP contribution in [0, 0.1) is 0 Å². The summed E-state index contributed by atoms with van der Waals surface area (Å²) in [7, 11) is 1.50. The van der Waals surface area contributed by atoms with Gasteiger partial charge in [-0.2, -0.15) is 0 Å². The Bertz CT molecular complexity index is 1650. The van der Waals surface area contributed by atoms with Crippen LogP contribution in [0.15, 0.2) is 65.6 Å². The minimum atomic E-state index is -2.56. The van der Waals surface area contributed by atoms with Crippen molar-refractivity contribution < 1.29 is 37.8 Å². The van der Waals surface area contributed by atoms with E-state index < -0.39 is 40.7 Å². The molecule has 0 radical (unpaired) electrons. The average Bonchev–Trinajstić information content (AvgIpc) is 2.99. The maximum absolute atomic E-state index is 12.8. The Labute approximate surface area is 277 Å². The largest absolute Gasteiger partial charge is 0.768 e. The highest BCUT2D eigenvalue weighted by atomic mass is 32.2. The zero-order valence-electron chi connectivity index (χ0n) is 27.1. The molecule has 12 nitrogen and oxygen atoms in total. The monoisotopic (exact) mass is 665 g/mol. The topological polar surface area (TPSA) is 191 Å². The van der Waals surface area contributed by atoms with Crippen molar-refractivity contribution in [3.8, 4) is 0 Å². The number of nitrogens with one attached hydrogen (secondary N) is 2. The fourth-order valence-corrected chi connectivity index (χ4v) is 5.40. The molecule has 0 aromatic heterocycles. The van der Waals surface area contributed by atoms with Crippen LogP contribution in [0.3, 0.4) is 0 Å². The summed E-state index contributed by atoms with van der Waals surface area (Å²) in [5.74, 6) is -1.97. The highest BCUT2D eigenvalue weighted by Crippen LogP contribution is 2.25. The van der Waals surface area contributed by atoms with Crippen LogP contribution < -0.4 is 16.4 Å². The summed E-state index contributed by atoms with van der Waals surface area (Å²) < 4.78 is 29.0. The van der Waals surface area contributed by atoms with Gasteiger partial charge in [-0.25, -0.2) is 9.59 Å². The molecule has 252 valence electrons. The smallest absolute Gasteiger partial charge is 0.410 e. The predicted molar refractivity (Wildman–Crippen MR) is 178 cm³/mol. The lowest BCUT2D eigenvalue weighted by Crippen LogP contribution is -2.34. The molecule has 0 bridgehead atoms. The van der Waals surface area contributed by atoms with Gasteiger partial charge in [0.05, 0.1) is 0 Å². The maximum Gasteiger partial charge on any atom is 0.410 e. The number of carbonyl (C=O) groups excluding carboxylic acids is 3. The molecule has 13 heteroatoms. The average molecular weight is 666 g/mol. The molecule has 5 N–H and O–H groups in total. The molecule has 47 heavy (non-hydrogen) atoms. The van der Waals surface area contributed by atoms with Crippen molar-refractivity contribution in [2.45, 2.75) is 76.5 Å². The molecule has 2 atom stereocenters. The number of hydrogen-bond donors (Lipinski definition) is 4. The number of benzene rings is 3. The van der Waals surface area contributed by atoms with Gasteiger partial charge in [0.25, 0.3) is 0 Å². The van der Waals surface area contributed by atoms with E-state index in [9.17, 15) is 33.0 Å². The number of rotatable bonds is 14. The van der Waals surface area contributed by atoms with E-state index in [2.05, 4.69) is 10.6 Å². The second-order valence-corrected chi connectivity index (χ2v) is 12.9. The third kappa shape index (κ3) is 10.9. The number of carboxylic acid groups (broad SMARTS) is 1. The number of aliphatic carboxylic acids is 1. The lowest BCUT2D eigenvalue weighted by Gasteiger charge is -2.25. The van der Waals surface area contributed by atoms with E-state index in [1.165, 1.54) is 36.2 Å². The van der Waals surface area contributed by atoms with Gasteiger partial charge in [0, 0.05) is 41.8 Å². The molecule has 3 aromatic rings. The van der Waals surface area contributed by atoms with Crippen LogP contribution in [-0.4, -0.2) is 55.3 Å². The first-order valence-corrected chi connectivity index (χ1v) is 16.1. The fraction of sp³-hybridized carbons (Fsp3) is 0.353. The van der Waals surface area contributed by atoms with E-state index in [-0.39, 0.29) is 29.3 Å². The fourth-order valence-electron chi connectivity index (χ4n) is 4.88. The van der Waals surface area contributed by atoms with Crippen molar-refractivity contribution in [2.75, 3.05) is 17.7 Å². The van der Waals surface area contributed by atoms with Gasteiger partial charge in [0.2, 0.25) is 11.8 Å². The van der Waals surface area contributed by atoms with Crippen LogP contribution >= 0.6 is 0 Å². The molecule has 0 aliphatic rings. The molecule has 3 aromatic carbocycles. The molecule has 2 unspecified atom stereocenters. The summed E-state index contributed by atoms with van der Waals surface area (Å²) in [6.07, 6.45) is 1.30. The minimum Gasteiger partial charge on any atom is -0.768 e. The van der Waals surface area contributed by atoms with Crippen LogP contribution in [0.2, 0.25) is 0 Å². The molecule has 0 heterocycles. The normalized spacial score (nSPS) is 12.5. The number of nitrogens with zero attached hydrogens (tertiary/aromatic N) is 1. The summed E-state index contributed by atoms with van der Waals surface area (Å²) in [5.41, 5.74) is 8.53. The summed E-state index contributed by atoms with van der Waals surface area (Å²) >= 11 is -2.56. The number of carbonyl (C=O) groups is 4. The van der Waals surface area contributed by atoms with Crippen molar-refractivity contribution in [1.29, 1.82) is 0 Å². The molecule has 3 amide bonds. The number of aryl methyl sites for hydroxylation is 2. The van der Waals surface area contributed by atoms with Gasteiger partial charge in [-0.3, -0.25) is 13.8 Å². The highest BCUT2D eigenvalue weighted by Gasteiger charge is 2.22. The van der Waals surface area contributed by atoms with Crippen molar-refractivity contribution >= 4 is 46.3 Å². The summed E-state index contributed by atoms with van der Waals surface area (Å²) in [6, 6.07) is 15.1. The lowest BCUT2D eigenvalue weighted by atomic mass is 9.95. The Morgan fingerprint density at radius 1 is 1.00 bits per heavy atom. The molecule has 0 aliphatic heterocycles. The van der Waals surface area contributed by atoms with Crippen molar-refractivity contribution in [3.05, 3.63) is 88.5 Å². The standard InChI is InChI=1S/C34H42N4O8S/c1-6-21-17-23(30(32(41)42)37-26-11-7-10-24(18-26)31(35)40)14-13-22(21)9-8-12-29(39)36-27-15-16-28(47(44)45)25(19-27)20-38(5)33(43)46-34(2,3)4/h7,10-11,13-19,30,37H,6,8-9,12,20H2,1-5H3,(H2,35,40)(H,36,39)(H,41,42)(H,44,45)/p-1. The van der Waals surface area contributed by atoms with E-state index in [1.54, 1.807) is 45.0 Å². The molecule has 0 spiro atoms. The van der Waals surface area contributed by atoms with Crippen molar-refractivity contribution in [2.24, 2.45) is 5.73 Å². The molecular weight excluding hydrogens is 624 g/mol. The first-order valence-electron chi connectivity index (χ1n) is 15.0. The second kappa shape index (κ2) is 16.2. The Kier molecular flexibility index (Phi) is 12.6. The predicted octanol–water partition coefficient (Wildman–Crippen LogP) is 5.15. The Morgan fingerprint density at radius 2 is 1.72 bits per heavy atom. The number of hydrogen-bond acceptors (Lipinski definition) is 8. The maximum atomic E-state index is 12.8. The van der Waals surface area contributed by atoms with E-state index >= 15 is 0 Å². The number of anilines is 2. The number of amides is 3. The van der Waals surface area contributed by atoms with E-state index in [0.717, 1.165) is 11.1 Å². The number of nitrogens with two attached hydrogens (primary N) is 1. The van der Waals surface area contributed by atoms with Gasteiger partial charge in [-0.15, -0.1) is 0 Å². The second-order valence-electron chi connectivity index (χ2n) is 12.0. The van der Waals surface area contributed by atoms with E-state index in [0.29, 0.717) is 41.8 Å². The molecular formula is C34H41N4O8S-.